The molecule has 1 N–H and O–H groups in total. The maximum atomic E-state index is 12.7. The van der Waals surface area contributed by atoms with E-state index in [0.717, 1.165) is 24.0 Å². The molecule has 0 aromatic heterocycles. The average Bonchev–Trinajstić information content (AvgIpc) is 2.47. The van der Waals surface area contributed by atoms with E-state index in [1.165, 1.54) is 12.8 Å². The highest BCUT2D eigenvalue weighted by atomic mass is 79.9. The lowest BCUT2D eigenvalue weighted by atomic mass is 10.0. The number of hydrogen-bond acceptors (Lipinski definition) is 2. The molecule has 1 aromatic carbocycles. The van der Waals surface area contributed by atoms with E-state index in [9.17, 15) is 4.79 Å². The lowest BCUT2D eigenvalue weighted by Crippen LogP contribution is -2.48. The topological polar surface area (TPSA) is 32.3 Å². The monoisotopic (exact) mass is 372 g/mol. The molecule has 1 atom stereocenters. The number of carbonyl (C=O) groups is 1. The zero-order chi connectivity index (χ0) is 15.4. The standard InChI is InChI=1S/C16H22BrClN2O/c1-11(2)20(10-13-5-3-4-8-19-13)16(21)12-6-7-14(17)15(18)9-12/h6-7,9,11,13,19H,3-5,8,10H2,1-2H3. The van der Waals surface area contributed by atoms with E-state index in [1.807, 2.05) is 17.0 Å². The van der Waals surface area contributed by atoms with Crippen molar-refractivity contribution in [2.45, 2.75) is 45.2 Å². The Bertz CT molecular complexity index is 501. The molecule has 1 amide bonds. The second kappa shape index (κ2) is 7.61. The number of carbonyl (C=O) groups excluding carboxylic acids is 1. The third-order valence-corrected chi connectivity index (χ3v) is 5.11. The van der Waals surface area contributed by atoms with Crippen LogP contribution in [0.5, 0.6) is 0 Å². The highest BCUT2D eigenvalue weighted by Gasteiger charge is 2.24. The van der Waals surface area contributed by atoms with Crippen LogP contribution in [0.1, 0.15) is 43.5 Å². The van der Waals surface area contributed by atoms with Crippen LogP contribution in [0.15, 0.2) is 22.7 Å². The van der Waals surface area contributed by atoms with E-state index in [4.69, 9.17) is 11.6 Å². The van der Waals surface area contributed by atoms with Crippen LogP contribution in [0.4, 0.5) is 0 Å². The van der Waals surface area contributed by atoms with Gasteiger partial charge in [-0.1, -0.05) is 18.0 Å². The van der Waals surface area contributed by atoms with Crippen LogP contribution in [0.25, 0.3) is 0 Å². The molecule has 1 aliphatic heterocycles. The quantitative estimate of drug-likeness (QED) is 0.862. The first-order chi connectivity index (χ1) is 9.99. The number of piperidine rings is 1. The Kier molecular flexibility index (Phi) is 6.08. The molecule has 2 rings (SSSR count). The van der Waals surface area contributed by atoms with Crippen LogP contribution in [0.2, 0.25) is 5.02 Å². The molecule has 3 nitrogen and oxygen atoms in total. The molecule has 1 fully saturated rings. The zero-order valence-corrected chi connectivity index (χ0v) is 14.9. The summed E-state index contributed by atoms with van der Waals surface area (Å²) in [4.78, 5) is 14.7. The van der Waals surface area contributed by atoms with Crippen molar-refractivity contribution in [3.05, 3.63) is 33.3 Å². The average molecular weight is 374 g/mol. The molecule has 116 valence electrons. The number of nitrogens with one attached hydrogen (secondary N) is 1. The minimum Gasteiger partial charge on any atom is -0.335 e. The van der Waals surface area contributed by atoms with Gasteiger partial charge < -0.3 is 10.2 Å². The Morgan fingerprint density at radius 1 is 1.48 bits per heavy atom. The Balaban J connectivity index is 2.12. The van der Waals surface area contributed by atoms with Gasteiger partial charge in [0.25, 0.3) is 5.91 Å². The highest BCUT2D eigenvalue weighted by molar-refractivity contribution is 9.10. The van der Waals surface area contributed by atoms with E-state index in [-0.39, 0.29) is 11.9 Å². The van der Waals surface area contributed by atoms with Crippen molar-refractivity contribution in [2.75, 3.05) is 13.1 Å². The summed E-state index contributed by atoms with van der Waals surface area (Å²) >= 11 is 9.46. The van der Waals surface area contributed by atoms with E-state index in [0.29, 0.717) is 16.6 Å². The van der Waals surface area contributed by atoms with Crippen LogP contribution < -0.4 is 5.32 Å². The molecule has 0 radical (unpaired) electrons. The fourth-order valence-electron chi connectivity index (χ4n) is 2.64. The van der Waals surface area contributed by atoms with Crippen LogP contribution >= 0.6 is 27.5 Å². The van der Waals surface area contributed by atoms with Gasteiger partial charge in [0.15, 0.2) is 0 Å². The fourth-order valence-corrected chi connectivity index (χ4v) is 3.07. The molecular weight excluding hydrogens is 352 g/mol. The van der Waals surface area contributed by atoms with Crippen molar-refractivity contribution in [3.63, 3.8) is 0 Å². The third-order valence-electron chi connectivity index (χ3n) is 3.88. The highest BCUT2D eigenvalue weighted by Crippen LogP contribution is 2.24. The summed E-state index contributed by atoms with van der Waals surface area (Å²) in [6.07, 6.45) is 3.61. The van der Waals surface area contributed by atoms with Gasteiger partial charge in [0.1, 0.15) is 0 Å². The Labute approximate surface area is 140 Å². The summed E-state index contributed by atoms with van der Waals surface area (Å²) in [6, 6.07) is 5.95. The van der Waals surface area contributed by atoms with Crippen molar-refractivity contribution < 1.29 is 4.79 Å². The predicted octanol–water partition coefficient (Wildman–Crippen LogP) is 4.10. The van der Waals surface area contributed by atoms with Gasteiger partial charge in [-0.2, -0.15) is 0 Å². The Morgan fingerprint density at radius 2 is 2.24 bits per heavy atom. The summed E-state index contributed by atoms with van der Waals surface area (Å²) in [7, 11) is 0. The molecule has 5 heteroatoms. The maximum absolute atomic E-state index is 12.7. The molecule has 0 bridgehead atoms. The smallest absolute Gasteiger partial charge is 0.254 e. The van der Waals surface area contributed by atoms with Crippen molar-refractivity contribution in [1.29, 1.82) is 0 Å². The molecule has 1 unspecified atom stereocenters. The van der Waals surface area contributed by atoms with Gasteiger partial charge in [0.05, 0.1) is 5.02 Å². The van der Waals surface area contributed by atoms with Gasteiger partial charge in [-0.3, -0.25) is 4.79 Å². The van der Waals surface area contributed by atoms with Gasteiger partial charge in [0, 0.05) is 28.7 Å². The van der Waals surface area contributed by atoms with E-state index >= 15 is 0 Å². The first-order valence-corrected chi connectivity index (χ1v) is 8.65. The minimum atomic E-state index is 0.0479. The second-order valence-electron chi connectivity index (χ2n) is 5.83. The maximum Gasteiger partial charge on any atom is 0.254 e. The van der Waals surface area contributed by atoms with Gasteiger partial charge in [-0.05, 0) is 67.4 Å². The molecular formula is C16H22BrClN2O. The first-order valence-electron chi connectivity index (χ1n) is 7.48. The molecule has 0 aliphatic carbocycles. The van der Waals surface area contributed by atoms with Crippen molar-refractivity contribution in [3.8, 4) is 0 Å². The second-order valence-corrected chi connectivity index (χ2v) is 7.09. The van der Waals surface area contributed by atoms with Gasteiger partial charge in [0.2, 0.25) is 0 Å². The molecule has 0 spiro atoms. The molecule has 21 heavy (non-hydrogen) atoms. The number of halogens is 2. The number of benzene rings is 1. The van der Waals surface area contributed by atoms with Crippen molar-refractivity contribution in [2.24, 2.45) is 0 Å². The van der Waals surface area contributed by atoms with E-state index in [2.05, 4.69) is 35.1 Å². The first kappa shape index (κ1) is 16.8. The van der Waals surface area contributed by atoms with Crippen LogP contribution in [-0.4, -0.2) is 36.0 Å². The molecule has 1 aliphatic rings. The largest absolute Gasteiger partial charge is 0.335 e. The summed E-state index contributed by atoms with van der Waals surface area (Å²) in [6.45, 7) is 5.92. The lowest BCUT2D eigenvalue weighted by Gasteiger charge is -2.33. The number of amides is 1. The number of hydrogen-bond donors (Lipinski definition) is 1. The molecule has 1 heterocycles. The number of rotatable bonds is 4. The van der Waals surface area contributed by atoms with E-state index in [1.54, 1.807) is 6.07 Å². The Hall–Kier alpha value is -0.580. The zero-order valence-electron chi connectivity index (χ0n) is 12.5. The van der Waals surface area contributed by atoms with Gasteiger partial charge in [-0.25, -0.2) is 0 Å². The molecule has 1 saturated heterocycles. The summed E-state index contributed by atoms with van der Waals surface area (Å²) < 4.78 is 0.811. The lowest BCUT2D eigenvalue weighted by molar-refractivity contribution is 0.0677. The fraction of sp³-hybridized carbons (Fsp3) is 0.562. The molecule has 0 saturated carbocycles. The van der Waals surface area contributed by atoms with Crippen LogP contribution in [0, 0.1) is 0 Å². The van der Waals surface area contributed by atoms with E-state index < -0.39 is 0 Å². The minimum absolute atomic E-state index is 0.0479. The summed E-state index contributed by atoms with van der Waals surface area (Å²) in [5.41, 5.74) is 0.646. The summed E-state index contributed by atoms with van der Waals surface area (Å²) in [5, 5.41) is 4.07. The van der Waals surface area contributed by atoms with Crippen LogP contribution in [0.3, 0.4) is 0 Å². The third kappa shape index (κ3) is 4.44. The molecule has 1 aromatic rings. The SMILES string of the molecule is CC(C)N(CC1CCCCN1)C(=O)c1ccc(Br)c(Cl)c1. The van der Waals surface area contributed by atoms with Crippen molar-refractivity contribution in [1.82, 2.24) is 10.2 Å². The normalized spacial score (nSPS) is 18.8. The number of nitrogens with zero attached hydrogens (tertiary/aromatic N) is 1. The van der Waals surface area contributed by atoms with Gasteiger partial charge >= 0.3 is 0 Å². The predicted molar refractivity (Wildman–Crippen MR) is 91.0 cm³/mol. The van der Waals surface area contributed by atoms with Crippen molar-refractivity contribution >= 4 is 33.4 Å². The van der Waals surface area contributed by atoms with Gasteiger partial charge in [-0.15, -0.1) is 0 Å². The van der Waals surface area contributed by atoms with Crippen LogP contribution in [-0.2, 0) is 0 Å². The summed E-state index contributed by atoms with van der Waals surface area (Å²) in [5.74, 6) is 0.0479. The Morgan fingerprint density at radius 3 is 2.81 bits per heavy atom.